The van der Waals surface area contributed by atoms with Crippen LogP contribution < -0.4 is 0 Å². The second-order valence-corrected chi connectivity index (χ2v) is 6.26. The van der Waals surface area contributed by atoms with E-state index in [9.17, 15) is 9.18 Å². The molecule has 3 nitrogen and oxygen atoms in total. The van der Waals surface area contributed by atoms with Gasteiger partial charge in [0.05, 0.1) is 17.3 Å². The number of esters is 1. The molecule has 3 aromatic rings. The smallest absolute Gasteiger partial charge is 0.350 e. The minimum Gasteiger partial charge on any atom is -0.462 e. The topological polar surface area (TPSA) is 39.2 Å². The number of hydrogen-bond donors (Lipinski definition) is 0. The Morgan fingerprint density at radius 3 is 2.50 bits per heavy atom. The third kappa shape index (κ3) is 3.68. The number of halogens is 1. The molecular formula is C19H16FNO2S. The fourth-order valence-electron chi connectivity index (χ4n) is 2.34. The minimum absolute atomic E-state index is 0.268. The number of ether oxygens (including phenoxy) is 1. The van der Waals surface area contributed by atoms with Crippen molar-refractivity contribution >= 4 is 17.3 Å². The van der Waals surface area contributed by atoms with Crippen molar-refractivity contribution in [3.05, 3.63) is 75.9 Å². The van der Waals surface area contributed by atoms with Crippen LogP contribution in [0.4, 0.5) is 4.39 Å². The molecule has 0 radical (unpaired) electrons. The van der Waals surface area contributed by atoms with Crippen molar-refractivity contribution < 1.29 is 13.9 Å². The summed E-state index contributed by atoms with van der Waals surface area (Å²) in [5.41, 5.74) is 2.46. The maximum atomic E-state index is 13.0. The van der Waals surface area contributed by atoms with E-state index in [4.69, 9.17) is 4.74 Å². The minimum atomic E-state index is -0.362. The number of carbonyl (C=O) groups is 1. The lowest BCUT2D eigenvalue weighted by molar-refractivity contribution is 0.0532. The highest BCUT2D eigenvalue weighted by atomic mass is 32.1. The molecule has 5 heteroatoms. The maximum absolute atomic E-state index is 13.0. The molecule has 0 fully saturated rings. The summed E-state index contributed by atoms with van der Waals surface area (Å²) in [6.07, 6.45) is 0.546. The Balaban J connectivity index is 1.96. The number of aromatic nitrogens is 1. The highest BCUT2D eigenvalue weighted by molar-refractivity contribution is 7.14. The Kier molecular flexibility index (Phi) is 5.01. The van der Waals surface area contributed by atoms with E-state index in [1.54, 1.807) is 19.1 Å². The largest absolute Gasteiger partial charge is 0.462 e. The van der Waals surface area contributed by atoms with Crippen molar-refractivity contribution in [2.75, 3.05) is 6.61 Å². The molecule has 1 heterocycles. The number of carbonyl (C=O) groups excluding carboxylic acids is 1. The third-order valence-electron chi connectivity index (χ3n) is 3.45. The lowest BCUT2D eigenvalue weighted by Gasteiger charge is -2.01. The average molecular weight is 341 g/mol. The van der Waals surface area contributed by atoms with Gasteiger partial charge in [-0.2, -0.15) is 0 Å². The summed E-state index contributed by atoms with van der Waals surface area (Å²) in [7, 11) is 0. The third-order valence-corrected chi connectivity index (χ3v) is 4.48. The highest BCUT2D eigenvalue weighted by Crippen LogP contribution is 2.30. The van der Waals surface area contributed by atoms with Crippen molar-refractivity contribution in [3.63, 3.8) is 0 Å². The number of benzene rings is 2. The van der Waals surface area contributed by atoms with E-state index >= 15 is 0 Å². The fourth-order valence-corrected chi connectivity index (χ4v) is 3.36. The van der Waals surface area contributed by atoms with Crippen molar-refractivity contribution in [1.29, 1.82) is 0 Å². The van der Waals surface area contributed by atoms with Crippen LogP contribution in [0.5, 0.6) is 0 Å². The van der Waals surface area contributed by atoms with Gasteiger partial charge in [0, 0.05) is 12.0 Å². The lowest BCUT2D eigenvalue weighted by atomic mass is 10.1. The molecule has 0 aliphatic carbocycles. The van der Waals surface area contributed by atoms with E-state index in [-0.39, 0.29) is 11.8 Å². The second kappa shape index (κ2) is 7.36. The summed E-state index contributed by atoms with van der Waals surface area (Å²) in [6.45, 7) is 2.10. The molecule has 0 amide bonds. The average Bonchev–Trinajstić information content (AvgIpc) is 3.02. The first-order valence-corrected chi connectivity index (χ1v) is 8.45. The van der Waals surface area contributed by atoms with Crippen LogP contribution in [0, 0.1) is 5.82 Å². The molecule has 0 aliphatic heterocycles. The van der Waals surface area contributed by atoms with Crippen molar-refractivity contribution in [2.24, 2.45) is 0 Å². The molecule has 0 saturated carbocycles. The molecule has 0 saturated heterocycles. The second-order valence-electron chi connectivity index (χ2n) is 5.18. The molecule has 0 spiro atoms. The molecule has 122 valence electrons. The van der Waals surface area contributed by atoms with E-state index in [0.717, 1.165) is 16.1 Å². The van der Waals surface area contributed by atoms with E-state index in [2.05, 4.69) is 4.98 Å². The van der Waals surface area contributed by atoms with Crippen molar-refractivity contribution in [3.8, 4) is 11.3 Å². The van der Waals surface area contributed by atoms with Gasteiger partial charge in [-0.25, -0.2) is 14.2 Å². The standard InChI is InChI=1S/C19H16FNO2S/c1-2-23-19(22)18-17(14-6-4-3-5-7-14)21-16(24-18)12-13-8-10-15(20)11-9-13/h3-11H,2,12H2,1H3. The highest BCUT2D eigenvalue weighted by Gasteiger charge is 2.20. The van der Waals surface area contributed by atoms with Crippen LogP contribution in [-0.4, -0.2) is 17.6 Å². The van der Waals surface area contributed by atoms with Gasteiger partial charge in [0.2, 0.25) is 0 Å². The van der Waals surface area contributed by atoms with Crippen LogP contribution in [0.25, 0.3) is 11.3 Å². The van der Waals surface area contributed by atoms with Gasteiger partial charge < -0.3 is 4.74 Å². The molecule has 0 bridgehead atoms. The van der Waals surface area contributed by atoms with Crippen molar-refractivity contribution in [1.82, 2.24) is 4.98 Å². The Morgan fingerprint density at radius 1 is 1.12 bits per heavy atom. The Hall–Kier alpha value is -2.53. The lowest BCUT2D eigenvalue weighted by Crippen LogP contribution is -2.03. The van der Waals surface area contributed by atoms with E-state index < -0.39 is 0 Å². The van der Waals surface area contributed by atoms with Crippen LogP contribution in [0.1, 0.15) is 27.2 Å². The first-order valence-electron chi connectivity index (χ1n) is 7.64. The molecule has 0 unspecified atom stereocenters. The maximum Gasteiger partial charge on any atom is 0.350 e. The van der Waals surface area contributed by atoms with Crippen LogP contribution in [0.3, 0.4) is 0 Å². The van der Waals surface area contributed by atoms with Gasteiger partial charge in [-0.05, 0) is 24.6 Å². The predicted octanol–water partition coefficient (Wildman–Crippen LogP) is 4.72. The van der Waals surface area contributed by atoms with Crippen LogP contribution in [0.15, 0.2) is 54.6 Å². The Bertz CT molecular complexity index is 828. The number of hydrogen-bond acceptors (Lipinski definition) is 4. The molecule has 24 heavy (non-hydrogen) atoms. The first-order chi connectivity index (χ1) is 11.7. The van der Waals surface area contributed by atoms with E-state index in [1.165, 1.54) is 23.5 Å². The van der Waals surface area contributed by atoms with Gasteiger partial charge in [-0.3, -0.25) is 0 Å². The molecule has 1 aromatic heterocycles. The zero-order valence-corrected chi connectivity index (χ0v) is 14.0. The first kappa shape index (κ1) is 16.3. The van der Waals surface area contributed by atoms with E-state index in [0.29, 0.717) is 23.6 Å². The number of nitrogens with zero attached hydrogens (tertiary/aromatic N) is 1. The zero-order valence-electron chi connectivity index (χ0n) is 13.2. The fraction of sp³-hybridized carbons (Fsp3) is 0.158. The predicted molar refractivity (Wildman–Crippen MR) is 92.7 cm³/mol. The van der Waals surface area contributed by atoms with Gasteiger partial charge >= 0.3 is 5.97 Å². The van der Waals surface area contributed by atoms with Crippen LogP contribution >= 0.6 is 11.3 Å². The van der Waals surface area contributed by atoms with Gasteiger partial charge in [0.25, 0.3) is 0 Å². The number of thiazole rings is 1. The molecular weight excluding hydrogens is 325 g/mol. The summed E-state index contributed by atoms with van der Waals surface area (Å²) in [5.74, 6) is -0.630. The van der Waals surface area contributed by atoms with Crippen LogP contribution in [0.2, 0.25) is 0 Å². The quantitative estimate of drug-likeness (QED) is 0.631. The molecule has 2 aromatic carbocycles. The van der Waals surface area contributed by atoms with Crippen LogP contribution in [-0.2, 0) is 11.2 Å². The summed E-state index contributed by atoms with van der Waals surface area (Å²) in [5, 5.41) is 0.795. The SMILES string of the molecule is CCOC(=O)c1sc(Cc2ccc(F)cc2)nc1-c1ccccc1. The Morgan fingerprint density at radius 2 is 1.83 bits per heavy atom. The molecule has 3 rings (SSSR count). The van der Waals surface area contributed by atoms with Crippen molar-refractivity contribution in [2.45, 2.75) is 13.3 Å². The summed E-state index contributed by atoms with van der Waals surface area (Å²) >= 11 is 1.32. The normalized spacial score (nSPS) is 10.6. The molecule has 0 atom stereocenters. The summed E-state index contributed by atoms with van der Waals surface area (Å²) in [6, 6.07) is 15.9. The summed E-state index contributed by atoms with van der Waals surface area (Å²) in [4.78, 5) is 17.4. The van der Waals surface area contributed by atoms with Gasteiger partial charge in [0.15, 0.2) is 0 Å². The Labute approximate surface area is 143 Å². The van der Waals surface area contributed by atoms with Gasteiger partial charge in [0.1, 0.15) is 10.7 Å². The number of rotatable bonds is 5. The van der Waals surface area contributed by atoms with Gasteiger partial charge in [-0.1, -0.05) is 42.5 Å². The molecule has 0 aliphatic rings. The molecule has 0 N–H and O–H groups in total. The monoisotopic (exact) mass is 341 g/mol. The summed E-state index contributed by atoms with van der Waals surface area (Å²) < 4.78 is 18.2. The van der Waals surface area contributed by atoms with Gasteiger partial charge in [-0.15, -0.1) is 11.3 Å². The van der Waals surface area contributed by atoms with E-state index in [1.807, 2.05) is 30.3 Å². The zero-order chi connectivity index (χ0) is 16.9.